The van der Waals surface area contributed by atoms with E-state index in [1.165, 1.54) is 12.0 Å². The minimum absolute atomic E-state index is 0.306. The zero-order chi connectivity index (χ0) is 15.2. The van der Waals surface area contributed by atoms with Gasteiger partial charge in [0.05, 0.1) is 7.11 Å². The van der Waals surface area contributed by atoms with Crippen molar-refractivity contribution < 1.29 is 19.4 Å². The van der Waals surface area contributed by atoms with E-state index in [4.69, 9.17) is 9.84 Å². The summed E-state index contributed by atoms with van der Waals surface area (Å²) in [7, 11) is 1.52. The number of piperidine rings is 1. The standard InChI is InChI=1S/C14H19N3O4/c1-21-12-8-10(5-6-15-12)9-16-14(20)17-7-3-2-4-11(17)13(18)19/h5-6,8,11H,2-4,7,9H2,1H3,(H,16,20)(H,18,19). The lowest BCUT2D eigenvalue weighted by molar-refractivity contribution is -0.143. The van der Waals surface area contributed by atoms with Crippen molar-refractivity contribution in [3.8, 4) is 5.88 Å². The molecule has 1 fully saturated rings. The Morgan fingerprint density at radius 3 is 3.05 bits per heavy atom. The molecule has 7 heteroatoms. The van der Waals surface area contributed by atoms with Crippen LogP contribution in [0.4, 0.5) is 4.79 Å². The average Bonchev–Trinajstić information content (AvgIpc) is 2.52. The van der Waals surface area contributed by atoms with Crippen LogP contribution >= 0.6 is 0 Å². The van der Waals surface area contributed by atoms with Crippen molar-refractivity contribution in [3.63, 3.8) is 0 Å². The fourth-order valence-electron chi connectivity index (χ4n) is 2.38. The van der Waals surface area contributed by atoms with Crippen molar-refractivity contribution in [1.82, 2.24) is 15.2 Å². The summed E-state index contributed by atoms with van der Waals surface area (Å²) in [5, 5.41) is 11.9. The summed E-state index contributed by atoms with van der Waals surface area (Å²) >= 11 is 0. The molecule has 1 aromatic heterocycles. The van der Waals surface area contributed by atoms with Crippen LogP contribution < -0.4 is 10.1 Å². The van der Waals surface area contributed by atoms with Gasteiger partial charge in [-0.2, -0.15) is 0 Å². The summed E-state index contributed by atoms with van der Waals surface area (Å²) < 4.78 is 5.01. The van der Waals surface area contributed by atoms with Gasteiger partial charge in [0, 0.05) is 25.4 Å². The number of methoxy groups -OCH3 is 1. The number of amides is 2. The Morgan fingerprint density at radius 2 is 2.33 bits per heavy atom. The lowest BCUT2D eigenvalue weighted by Gasteiger charge is -2.32. The number of aromatic nitrogens is 1. The van der Waals surface area contributed by atoms with Crippen LogP contribution in [0.2, 0.25) is 0 Å². The first-order chi connectivity index (χ1) is 10.1. The molecular weight excluding hydrogens is 274 g/mol. The highest BCUT2D eigenvalue weighted by molar-refractivity contribution is 5.82. The summed E-state index contributed by atoms with van der Waals surface area (Å²) in [4.78, 5) is 28.7. The molecule has 1 unspecified atom stereocenters. The van der Waals surface area contributed by atoms with Gasteiger partial charge in [0.25, 0.3) is 0 Å². The third-order valence-electron chi connectivity index (χ3n) is 3.50. The lowest BCUT2D eigenvalue weighted by atomic mass is 10.0. The molecule has 1 aliphatic rings. The Bertz CT molecular complexity index is 521. The number of urea groups is 1. The fraction of sp³-hybridized carbons (Fsp3) is 0.500. The van der Waals surface area contributed by atoms with E-state index in [1.54, 1.807) is 18.3 Å². The molecule has 21 heavy (non-hydrogen) atoms. The van der Waals surface area contributed by atoms with Crippen LogP contribution in [0.15, 0.2) is 18.3 Å². The van der Waals surface area contributed by atoms with Crippen molar-refractivity contribution in [2.45, 2.75) is 31.8 Å². The van der Waals surface area contributed by atoms with Crippen LogP contribution in [-0.2, 0) is 11.3 Å². The molecule has 1 aliphatic heterocycles. The molecule has 0 radical (unpaired) electrons. The number of aliphatic carboxylic acids is 1. The molecule has 114 valence electrons. The highest BCUT2D eigenvalue weighted by Crippen LogP contribution is 2.17. The van der Waals surface area contributed by atoms with E-state index in [1.807, 2.05) is 0 Å². The average molecular weight is 293 g/mol. The predicted molar refractivity (Wildman–Crippen MR) is 75.0 cm³/mol. The first kappa shape index (κ1) is 15.1. The molecular formula is C14H19N3O4. The predicted octanol–water partition coefficient (Wildman–Crippen LogP) is 1.24. The molecule has 2 amide bonds. The Labute approximate surface area is 122 Å². The lowest BCUT2D eigenvalue weighted by Crippen LogP contribution is -2.51. The SMILES string of the molecule is COc1cc(CNC(=O)N2CCCCC2C(=O)O)ccn1. The van der Waals surface area contributed by atoms with Crippen molar-refractivity contribution in [2.24, 2.45) is 0 Å². The molecule has 0 spiro atoms. The quantitative estimate of drug-likeness (QED) is 0.871. The molecule has 2 N–H and O–H groups in total. The monoisotopic (exact) mass is 293 g/mol. The van der Waals surface area contributed by atoms with E-state index in [0.717, 1.165) is 18.4 Å². The second kappa shape index (κ2) is 6.92. The van der Waals surface area contributed by atoms with Gasteiger partial charge in [-0.25, -0.2) is 14.6 Å². The van der Waals surface area contributed by atoms with Gasteiger partial charge in [-0.05, 0) is 30.9 Å². The molecule has 1 aromatic rings. The highest BCUT2D eigenvalue weighted by Gasteiger charge is 2.31. The number of likely N-dealkylation sites (tertiary alicyclic amines) is 1. The topological polar surface area (TPSA) is 91.8 Å². The van der Waals surface area contributed by atoms with Crippen LogP contribution in [0.25, 0.3) is 0 Å². The van der Waals surface area contributed by atoms with E-state index in [0.29, 0.717) is 25.4 Å². The van der Waals surface area contributed by atoms with Crippen LogP contribution in [0.3, 0.4) is 0 Å². The number of rotatable bonds is 4. The van der Waals surface area contributed by atoms with Gasteiger partial charge in [-0.15, -0.1) is 0 Å². The molecule has 0 aromatic carbocycles. The molecule has 0 aliphatic carbocycles. The Morgan fingerprint density at radius 1 is 1.52 bits per heavy atom. The normalized spacial score (nSPS) is 18.1. The number of hydrogen-bond acceptors (Lipinski definition) is 4. The first-order valence-corrected chi connectivity index (χ1v) is 6.88. The first-order valence-electron chi connectivity index (χ1n) is 6.88. The maximum atomic E-state index is 12.1. The second-order valence-electron chi connectivity index (χ2n) is 4.91. The summed E-state index contributed by atoms with van der Waals surface area (Å²) in [6.45, 7) is 0.781. The van der Waals surface area contributed by atoms with E-state index >= 15 is 0 Å². The number of ether oxygens (including phenoxy) is 1. The second-order valence-corrected chi connectivity index (χ2v) is 4.91. The van der Waals surface area contributed by atoms with Crippen LogP contribution in [0.5, 0.6) is 5.88 Å². The molecule has 1 saturated heterocycles. The third kappa shape index (κ3) is 3.84. The minimum Gasteiger partial charge on any atom is -0.481 e. The maximum Gasteiger partial charge on any atom is 0.326 e. The zero-order valence-corrected chi connectivity index (χ0v) is 11.9. The summed E-state index contributed by atoms with van der Waals surface area (Å²) in [5.74, 6) is -0.474. The fourth-order valence-corrected chi connectivity index (χ4v) is 2.38. The highest BCUT2D eigenvalue weighted by atomic mass is 16.5. The largest absolute Gasteiger partial charge is 0.481 e. The van der Waals surface area contributed by atoms with Gasteiger partial charge in [-0.1, -0.05) is 0 Å². The Kier molecular flexibility index (Phi) is 4.97. The number of pyridine rings is 1. The van der Waals surface area contributed by atoms with Gasteiger partial charge in [-0.3, -0.25) is 0 Å². The molecule has 2 rings (SSSR count). The van der Waals surface area contributed by atoms with E-state index < -0.39 is 12.0 Å². The van der Waals surface area contributed by atoms with Crippen molar-refractivity contribution >= 4 is 12.0 Å². The zero-order valence-electron chi connectivity index (χ0n) is 11.9. The molecule has 2 heterocycles. The van der Waals surface area contributed by atoms with Crippen LogP contribution in [0, 0.1) is 0 Å². The molecule has 0 bridgehead atoms. The van der Waals surface area contributed by atoms with Crippen LogP contribution in [-0.4, -0.2) is 46.7 Å². The Hall–Kier alpha value is -2.31. The third-order valence-corrected chi connectivity index (χ3v) is 3.50. The minimum atomic E-state index is -0.949. The molecule has 1 atom stereocenters. The summed E-state index contributed by atoms with van der Waals surface area (Å²) in [6, 6.07) is 2.42. The smallest absolute Gasteiger partial charge is 0.326 e. The van der Waals surface area contributed by atoms with Gasteiger partial charge in [0.2, 0.25) is 5.88 Å². The molecule has 7 nitrogen and oxygen atoms in total. The van der Waals surface area contributed by atoms with Crippen molar-refractivity contribution in [2.75, 3.05) is 13.7 Å². The van der Waals surface area contributed by atoms with Crippen LogP contribution in [0.1, 0.15) is 24.8 Å². The molecule has 0 saturated carbocycles. The number of nitrogens with one attached hydrogen (secondary N) is 1. The van der Waals surface area contributed by atoms with Gasteiger partial charge < -0.3 is 20.1 Å². The van der Waals surface area contributed by atoms with E-state index in [2.05, 4.69) is 10.3 Å². The van der Waals surface area contributed by atoms with Gasteiger partial charge in [0.1, 0.15) is 6.04 Å². The van der Waals surface area contributed by atoms with E-state index in [9.17, 15) is 9.59 Å². The number of nitrogens with zero attached hydrogens (tertiary/aromatic N) is 2. The van der Waals surface area contributed by atoms with Gasteiger partial charge >= 0.3 is 12.0 Å². The van der Waals surface area contributed by atoms with E-state index in [-0.39, 0.29) is 6.03 Å². The van der Waals surface area contributed by atoms with Crippen molar-refractivity contribution in [3.05, 3.63) is 23.9 Å². The van der Waals surface area contributed by atoms with Crippen molar-refractivity contribution in [1.29, 1.82) is 0 Å². The summed E-state index contributed by atoms with van der Waals surface area (Å²) in [6.07, 6.45) is 3.77. The van der Waals surface area contributed by atoms with Gasteiger partial charge in [0.15, 0.2) is 0 Å². The number of carboxylic acids is 1. The number of hydrogen-bond donors (Lipinski definition) is 2. The maximum absolute atomic E-state index is 12.1. The number of carbonyl (C=O) groups is 2. The number of carbonyl (C=O) groups excluding carboxylic acids is 1. The summed E-state index contributed by atoms with van der Waals surface area (Å²) in [5.41, 5.74) is 0.846. The number of carboxylic acid groups (broad SMARTS) is 1. The Balaban J connectivity index is 1.95.